The number of pyridine rings is 1. The number of benzene rings is 2. The number of ether oxygens (including phenoxy) is 1. The smallest absolute Gasteiger partial charge is 0.273 e. The normalized spacial score (nSPS) is 12.1. The van der Waals surface area contributed by atoms with Gasteiger partial charge in [-0.05, 0) is 50.1 Å². The first-order chi connectivity index (χ1) is 18.2. The molecule has 0 unspecified atom stereocenters. The molecule has 3 heterocycles. The number of fused-ring (bicyclic) bond motifs is 1. The number of nitrogens with zero attached hydrogens (tertiary/aromatic N) is 5. The van der Waals surface area contributed by atoms with Gasteiger partial charge in [0.25, 0.3) is 5.91 Å². The van der Waals surface area contributed by atoms with E-state index >= 15 is 0 Å². The molecule has 9 nitrogen and oxygen atoms in total. The third-order valence-electron chi connectivity index (χ3n) is 6.29. The van der Waals surface area contributed by atoms with Crippen LogP contribution in [0.3, 0.4) is 0 Å². The van der Waals surface area contributed by atoms with Crippen molar-refractivity contribution in [2.75, 3.05) is 0 Å². The average molecular weight is 531 g/mol. The molecule has 38 heavy (non-hydrogen) atoms. The molecule has 0 spiro atoms. The molecule has 0 saturated heterocycles. The molecule has 1 atom stereocenters. The van der Waals surface area contributed by atoms with Crippen LogP contribution in [-0.4, -0.2) is 30.6 Å². The predicted molar refractivity (Wildman–Crippen MR) is 144 cm³/mol. The molecule has 3 aromatic heterocycles. The van der Waals surface area contributed by atoms with Gasteiger partial charge in [0.2, 0.25) is 0 Å². The van der Waals surface area contributed by atoms with Crippen LogP contribution in [0.15, 0.2) is 53.4 Å². The van der Waals surface area contributed by atoms with Crippen LogP contribution in [0.2, 0.25) is 5.02 Å². The summed E-state index contributed by atoms with van der Waals surface area (Å²) in [6.45, 7) is 7.67. The van der Waals surface area contributed by atoms with E-state index < -0.39 is 0 Å². The molecule has 0 fully saturated rings. The quantitative estimate of drug-likeness (QED) is 0.289. The van der Waals surface area contributed by atoms with E-state index in [9.17, 15) is 4.79 Å². The first-order valence-electron chi connectivity index (χ1n) is 12.1. The van der Waals surface area contributed by atoms with E-state index in [1.807, 2.05) is 64.2 Å². The van der Waals surface area contributed by atoms with E-state index in [2.05, 4.69) is 20.4 Å². The molecule has 10 heteroatoms. The number of oxazole rings is 1. The number of aryl methyl sites for hydroxylation is 4. The number of aromatic nitrogens is 5. The maximum absolute atomic E-state index is 12.7. The number of halogens is 1. The molecule has 1 amide bonds. The Hall–Kier alpha value is -4.24. The van der Waals surface area contributed by atoms with Gasteiger partial charge in [0.05, 0.1) is 6.04 Å². The Morgan fingerprint density at radius 1 is 1.18 bits per heavy atom. The third kappa shape index (κ3) is 4.97. The number of rotatable bonds is 7. The fraction of sp³-hybridized carbons (Fsp3) is 0.250. The van der Waals surface area contributed by atoms with E-state index in [-0.39, 0.29) is 24.2 Å². The largest absolute Gasteiger partial charge is 0.487 e. The standard InChI is InChI=1S/C28H27ClN6O3/c1-15-9-20(17(3)33-28(36)24-13-37-18(4)34-24)22(23(29)10-15)12-38-25-8-6-7-19-21(11-16(2)32-26(19)25)27-30-14-31-35(27)5/h6-11,13-14,17H,12H2,1-5H3,(H,33,36)/t17-/m0/s1. The minimum atomic E-state index is -0.356. The molecule has 0 aliphatic rings. The Bertz CT molecular complexity index is 1660. The summed E-state index contributed by atoms with van der Waals surface area (Å²) in [5.41, 5.74) is 5.31. The maximum Gasteiger partial charge on any atom is 0.273 e. The van der Waals surface area contributed by atoms with E-state index in [4.69, 9.17) is 25.7 Å². The predicted octanol–water partition coefficient (Wildman–Crippen LogP) is 5.67. The van der Waals surface area contributed by atoms with Crippen LogP contribution in [0.5, 0.6) is 5.75 Å². The van der Waals surface area contributed by atoms with Gasteiger partial charge in [-0.3, -0.25) is 4.79 Å². The van der Waals surface area contributed by atoms with Crippen molar-refractivity contribution < 1.29 is 13.9 Å². The van der Waals surface area contributed by atoms with Crippen molar-refractivity contribution in [2.24, 2.45) is 7.05 Å². The van der Waals surface area contributed by atoms with Crippen molar-refractivity contribution in [1.82, 2.24) is 30.0 Å². The highest BCUT2D eigenvalue weighted by Gasteiger charge is 2.20. The number of hydrogen-bond donors (Lipinski definition) is 1. The summed E-state index contributed by atoms with van der Waals surface area (Å²) in [5, 5.41) is 8.66. The van der Waals surface area contributed by atoms with Gasteiger partial charge in [-0.25, -0.2) is 19.6 Å². The van der Waals surface area contributed by atoms with Crippen LogP contribution in [0.4, 0.5) is 0 Å². The zero-order chi connectivity index (χ0) is 27.0. The summed E-state index contributed by atoms with van der Waals surface area (Å²) in [4.78, 5) is 26.0. The Labute approximate surface area is 224 Å². The topological polar surface area (TPSA) is 108 Å². The first kappa shape index (κ1) is 25.4. The van der Waals surface area contributed by atoms with Crippen molar-refractivity contribution in [3.8, 4) is 17.1 Å². The van der Waals surface area contributed by atoms with Gasteiger partial charge < -0.3 is 14.5 Å². The zero-order valence-corrected chi connectivity index (χ0v) is 22.5. The van der Waals surface area contributed by atoms with Gasteiger partial charge in [0.15, 0.2) is 17.4 Å². The summed E-state index contributed by atoms with van der Waals surface area (Å²) in [7, 11) is 1.86. The lowest BCUT2D eigenvalue weighted by Crippen LogP contribution is -2.28. The lowest BCUT2D eigenvalue weighted by Gasteiger charge is -2.20. The maximum atomic E-state index is 12.7. The van der Waals surface area contributed by atoms with Crippen LogP contribution in [0.1, 0.15) is 51.7 Å². The Morgan fingerprint density at radius 3 is 2.71 bits per heavy atom. The van der Waals surface area contributed by atoms with E-state index in [1.165, 1.54) is 12.6 Å². The van der Waals surface area contributed by atoms with Crippen LogP contribution in [0, 0.1) is 20.8 Å². The van der Waals surface area contributed by atoms with Crippen molar-refractivity contribution in [2.45, 2.75) is 40.3 Å². The monoisotopic (exact) mass is 530 g/mol. The van der Waals surface area contributed by atoms with Gasteiger partial charge in [0, 0.05) is 41.2 Å². The lowest BCUT2D eigenvalue weighted by atomic mass is 9.99. The van der Waals surface area contributed by atoms with Gasteiger partial charge in [0.1, 0.15) is 30.5 Å². The molecule has 0 aliphatic carbocycles. The highest BCUT2D eigenvalue weighted by atomic mass is 35.5. The molecular formula is C28H27ClN6O3. The summed E-state index contributed by atoms with van der Waals surface area (Å²) in [6, 6.07) is 11.3. The van der Waals surface area contributed by atoms with Crippen molar-refractivity contribution in [3.05, 3.63) is 88.0 Å². The molecule has 1 N–H and O–H groups in total. The second kappa shape index (κ2) is 10.3. The molecular weight excluding hydrogens is 504 g/mol. The van der Waals surface area contributed by atoms with E-state index in [1.54, 1.807) is 11.6 Å². The summed E-state index contributed by atoms with van der Waals surface area (Å²) >= 11 is 6.70. The summed E-state index contributed by atoms with van der Waals surface area (Å²) < 4.78 is 13.2. The highest BCUT2D eigenvalue weighted by Crippen LogP contribution is 2.34. The molecule has 0 aliphatic heterocycles. The second-order valence-electron chi connectivity index (χ2n) is 9.22. The number of para-hydroxylation sites is 1. The fourth-order valence-electron chi connectivity index (χ4n) is 4.50. The van der Waals surface area contributed by atoms with Gasteiger partial charge in [-0.15, -0.1) is 0 Å². The Morgan fingerprint density at radius 2 is 2.00 bits per heavy atom. The molecule has 0 bridgehead atoms. The average Bonchev–Trinajstić information content (AvgIpc) is 3.50. The van der Waals surface area contributed by atoms with Crippen molar-refractivity contribution in [3.63, 3.8) is 0 Å². The van der Waals surface area contributed by atoms with Gasteiger partial charge >= 0.3 is 0 Å². The van der Waals surface area contributed by atoms with Gasteiger partial charge in [-0.1, -0.05) is 29.8 Å². The van der Waals surface area contributed by atoms with Crippen LogP contribution in [0.25, 0.3) is 22.3 Å². The van der Waals surface area contributed by atoms with Gasteiger partial charge in [-0.2, -0.15) is 5.10 Å². The Kier molecular flexibility index (Phi) is 6.86. The molecule has 5 aromatic rings. The third-order valence-corrected chi connectivity index (χ3v) is 6.63. The van der Waals surface area contributed by atoms with Crippen LogP contribution >= 0.6 is 11.6 Å². The van der Waals surface area contributed by atoms with Crippen molar-refractivity contribution in [1.29, 1.82) is 0 Å². The zero-order valence-electron chi connectivity index (χ0n) is 21.7. The molecule has 5 rings (SSSR count). The minimum Gasteiger partial charge on any atom is -0.487 e. The molecule has 0 saturated carbocycles. The second-order valence-corrected chi connectivity index (χ2v) is 9.63. The Balaban J connectivity index is 1.47. The van der Waals surface area contributed by atoms with Crippen LogP contribution < -0.4 is 10.1 Å². The number of amides is 1. The number of carbonyl (C=O) groups excluding carboxylic acids is 1. The SMILES string of the molecule is Cc1cc(Cl)c(COc2cccc3c(-c4ncnn4C)cc(C)nc23)c([C@H](C)NC(=O)c2coc(C)n2)c1. The first-order valence-corrected chi connectivity index (χ1v) is 12.5. The number of nitrogens with one attached hydrogen (secondary N) is 1. The van der Waals surface area contributed by atoms with Crippen molar-refractivity contribution >= 4 is 28.4 Å². The molecule has 0 radical (unpaired) electrons. The lowest BCUT2D eigenvalue weighted by molar-refractivity contribution is 0.0934. The fourth-order valence-corrected chi connectivity index (χ4v) is 4.83. The molecule has 2 aromatic carbocycles. The van der Waals surface area contributed by atoms with E-state index in [0.29, 0.717) is 16.7 Å². The summed E-state index contributed by atoms with van der Waals surface area (Å²) in [6.07, 6.45) is 2.87. The molecule has 194 valence electrons. The van der Waals surface area contributed by atoms with E-state index in [0.717, 1.165) is 44.7 Å². The minimum absolute atomic E-state index is 0.186. The van der Waals surface area contributed by atoms with Crippen LogP contribution in [-0.2, 0) is 13.7 Å². The number of hydrogen-bond acceptors (Lipinski definition) is 7. The number of carbonyl (C=O) groups is 1. The highest BCUT2D eigenvalue weighted by molar-refractivity contribution is 6.31. The summed E-state index contributed by atoms with van der Waals surface area (Å²) in [5.74, 6) is 1.46.